The smallest absolute Gasteiger partial charge is 0.169 e. The zero-order chi connectivity index (χ0) is 12.4. The number of halogens is 1. The Bertz CT molecular complexity index is 578. The third-order valence-corrected chi connectivity index (χ3v) is 5.36. The van der Waals surface area contributed by atoms with Crippen LogP contribution >= 0.6 is 11.6 Å². The van der Waals surface area contributed by atoms with E-state index in [9.17, 15) is 9.59 Å². The molecule has 3 aliphatic carbocycles. The van der Waals surface area contributed by atoms with Crippen molar-refractivity contribution in [3.05, 3.63) is 34.3 Å². The monoisotopic (exact) mass is 260 g/mol. The number of Topliss-reactive ketones (excluding diaryl/α,β-unsaturated/α-hetero) is 2. The number of ketones is 2. The summed E-state index contributed by atoms with van der Waals surface area (Å²) in [6.45, 7) is 0. The van der Waals surface area contributed by atoms with Crippen LogP contribution in [-0.2, 0) is 0 Å². The summed E-state index contributed by atoms with van der Waals surface area (Å²) in [4.78, 5) is 25.2. The molecule has 1 aromatic carbocycles. The SMILES string of the molecule is O=C1c2cccc(Cl)c2C(=O)C2C3CCC(C3)C12. The van der Waals surface area contributed by atoms with Crippen LogP contribution in [0.5, 0.6) is 0 Å². The highest BCUT2D eigenvalue weighted by Crippen LogP contribution is 2.56. The van der Waals surface area contributed by atoms with Gasteiger partial charge in [-0.2, -0.15) is 0 Å². The van der Waals surface area contributed by atoms with Crippen molar-refractivity contribution in [3.8, 4) is 0 Å². The number of carbonyl (C=O) groups is 2. The molecular weight excluding hydrogens is 248 g/mol. The molecule has 0 spiro atoms. The summed E-state index contributed by atoms with van der Waals surface area (Å²) >= 11 is 6.12. The summed E-state index contributed by atoms with van der Waals surface area (Å²) in [5.74, 6) is 0.993. The van der Waals surface area contributed by atoms with E-state index < -0.39 is 0 Å². The molecule has 2 fully saturated rings. The van der Waals surface area contributed by atoms with Crippen LogP contribution in [0.2, 0.25) is 5.02 Å². The van der Waals surface area contributed by atoms with Gasteiger partial charge in [0.1, 0.15) is 0 Å². The summed E-state index contributed by atoms with van der Waals surface area (Å²) in [5, 5.41) is 0.437. The van der Waals surface area contributed by atoms with E-state index in [1.807, 2.05) is 0 Å². The molecule has 2 bridgehead atoms. The molecule has 0 aromatic heterocycles. The topological polar surface area (TPSA) is 34.1 Å². The van der Waals surface area contributed by atoms with Crippen LogP contribution in [0.15, 0.2) is 18.2 Å². The van der Waals surface area contributed by atoms with E-state index in [4.69, 9.17) is 11.6 Å². The van der Waals surface area contributed by atoms with Gasteiger partial charge in [0.2, 0.25) is 0 Å². The van der Waals surface area contributed by atoms with Gasteiger partial charge in [0, 0.05) is 23.0 Å². The first-order valence-electron chi connectivity index (χ1n) is 6.55. The molecule has 0 N–H and O–H groups in total. The zero-order valence-electron chi connectivity index (χ0n) is 9.86. The summed E-state index contributed by atoms with van der Waals surface area (Å²) in [6, 6.07) is 5.22. The summed E-state index contributed by atoms with van der Waals surface area (Å²) < 4.78 is 0. The standard InChI is InChI=1S/C15H13ClO2/c16-10-3-1-2-9-13(10)15(18)12-8-5-4-7(6-8)11(12)14(9)17/h1-3,7-8,11-12H,4-6H2. The molecular formula is C15H13ClO2. The highest BCUT2D eigenvalue weighted by molar-refractivity contribution is 6.36. The van der Waals surface area contributed by atoms with Crippen LogP contribution in [0.25, 0.3) is 0 Å². The van der Waals surface area contributed by atoms with E-state index in [-0.39, 0.29) is 23.4 Å². The van der Waals surface area contributed by atoms with Gasteiger partial charge in [-0.05, 0) is 37.2 Å². The van der Waals surface area contributed by atoms with Crippen molar-refractivity contribution in [1.29, 1.82) is 0 Å². The second-order valence-electron chi connectivity index (χ2n) is 5.78. The van der Waals surface area contributed by atoms with E-state index in [2.05, 4.69) is 0 Å². The Kier molecular flexibility index (Phi) is 2.06. The maximum atomic E-state index is 12.6. The lowest BCUT2D eigenvalue weighted by Crippen LogP contribution is -2.40. The molecule has 3 aliphatic rings. The third kappa shape index (κ3) is 1.15. The molecule has 0 amide bonds. The molecule has 0 radical (unpaired) electrons. The minimum absolute atomic E-state index is 0.0535. The molecule has 92 valence electrons. The number of rotatable bonds is 0. The van der Waals surface area contributed by atoms with E-state index in [1.54, 1.807) is 18.2 Å². The molecule has 4 unspecified atom stereocenters. The van der Waals surface area contributed by atoms with Gasteiger partial charge in [-0.1, -0.05) is 23.7 Å². The van der Waals surface area contributed by atoms with Gasteiger partial charge in [0.05, 0.1) is 5.02 Å². The summed E-state index contributed by atoms with van der Waals surface area (Å²) in [7, 11) is 0. The van der Waals surface area contributed by atoms with E-state index in [0.29, 0.717) is 28.0 Å². The quantitative estimate of drug-likeness (QED) is 0.717. The van der Waals surface area contributed by atoms with Gasteiger partial charge in [0.15, 0.2) is 11.6 Å². The highest BCUT2D eigenvalue weighted by atomic mass is 35.5. The molecule has 1 aromatic rings. The van der Waals surface area contributed by atoms with E-state index in [1.165, 1.54) is 0 Å². The summed E-state index contributed by atoms with van der Waals surface area (Å²) in [6.07, 6.45) is 3.27. The number of hydrogen-bond donors (Lipinski definition) is 0. The van der Waals surface area contributed by atoms with Crippen molar-refractivity contribution in [2.24, 2.45) is 23.7 Å². The number of benzene rings is 1. The van der Waals surface area contributed by atoms with Crippen molar-refractivity contribution >= 4 is 23.2 Å². The van der Waals surface area contributed by atoms with Crippen LogP contribution in [0.4, 0.5) is 0 Å². The molecule has 4 rings (SSSR count). The Morgan fingerprint density at radius 3 is 2.39 bits per heavy atom. The first-order valence-corrected chi connectivity index (χ1v) is 6.93. The average Bonchev–Trinajstić information content (AvgIpc) is 2.96. The number of hydrogen-bond acceptors (Lipinski definition) is 2. The summed E-state index contributed by atoms with van der Waals surface area (Å²) in [5.41, 5.74) is 1.04. The van der Waals surface area contributed by atoms with Crippen molar-refractivity contribution in [3.63, 3.8) is 0 Å². The molecule has 3 heteroatoms. The maximum absolute atomic E-state index is 12.6. The highest BCUT2D eigenvalue weighted by Gasteiger charge is 2.56. The fourth-order valence-electron chi connectivity index (χ4n) is 4.37. The molecule has 0 aliphatic heterocycles. The Morgan fingerprint density at radius 2 is 1.67 bits per heavy atom. The number of carbonyl (C=O) groups excluding carboxylic acids is 2. The van der Waals surface area contributed by atoms with Gasteiger partial charge in [-0.3, -0.25) is 9.59 Å². The van der Waals surface area contributed by atoms with Gasteiger partial charge in [-0.15, -0.1) is 0 Å². The van der Waals surface area contributed by atoms with E-state index >= 15 is 0 Å². The van der Waals surface area contributed by atoms with Crippen LogP contribution < -0.4 is 0 Å². The Hall–Kier alpha value is -1.15. The first-order chi connectivity index (χ1) is 8.68. The van der Waals surface area contributed by atoms with Gasteiger partial charge in [-0.25, -0.2) is 0 Å². The Labute approximate surface area is 110 Å². The predicted octanol–water partition coefficient (Wildman–Crippen LogP) is 3.38. The lowest BCUT2D eigenvalue weighted by molar-refractivity contribution is 0.0661. The molecule has 4 atom stereocenters. The lowest BCUT2D eigenvalue weighted by atomic mass is 9.67. The fourth-order valence-corrected chi connectivity index (χ4v) is 4.64. The zero-order valence-corrected chi connectivity index (χ0v) is 10.6. The molecule has 0 saturated heterocycles. The molecule has 2 saturated carbocycles. The predicted molar refractivity (Wildman–Crippen MR) is 67.9 cm³/mol. The average molecular weight is 261 g/mol. The number of fused-ring (bicyclic) bond motifs is 6. The largest absolute Gasteiger partial charge is 0.294 e. The third-order valence-electron chi connectivity index (χ3n) is 5.05. The minimum atomic E-state index is -0.0800. The van der Waals surface area contributed by atoms with Crippen LogP contribution in [0.1, 0.15) is 40.0 Å². The van der Waals surface area contributed by atoms with Crippen molar-refractivity contribution < 1.29 is 9.59 Å². The van der Waals surface area contributed by atoms with Crippen molar-refractivity contribution in [2.45, 2.75) is 19.3 Å². The van der Waals surface area contributed by atoms with Gasteiger partial charge < -0.3 is 0 Å². The first kappa shape index (κ1) is 10.7. The minimum Gasteiger partial charge on any atom is -0.294 e. The Balaban J connectivity index is 1.94. The Morgan fingerprint density at radius 1 is 1.00 bits per heavy atom. The second kappa shape index (κ2) is 3.45. The fraction of sp³-hybridized carbons (Fsp3) is 0.467. The van der Waals surface area contributed by atoms with E-state index in [0.717, 1.165) is 19.3 Å². The van der Waals surface area contributed by atoms with Crippen molar-refractivity contribution in [2.75, 3.05) is 0 Å². The van der Waals surface area contributed by atoms with Gasteiger partial charge >= 0.3 is 0 Å². The normalized spacial score (nSPS) is 36.7. The molecule has 18 heavy (non-hydrogen) atoms. The molecule has 2 nitrogen and oxygen atoms in total. The molecule has 0 heterocycles. The van der Waals surface area contributed by atoms with Crippen LogP contribution in [-0.4, -0.2) is 11.6 Å². The van der Waals surface area contributed by atoms with Gasteiger partial charge in [0.25, 0.3) is 0 Å². The van der Waals surface area contributed by atoms with Crippen LogP contribution in [0, 0.1) is 23.7 Å². The maximum Gasteiger partial charge on any atom is 0.169 e. The van der Waals surface area contributed by atoms with Crippen LogP contribution in [0.3, 0.4) is 0 Å². The lowest BCUT2D eigenvalue weighted by Gasteiger charge is -2.33. The second-order valence-corrected chi connectivity index (χ2v) is 6.18. The van der Waals surface area contributed by atoms with Crippen molar-refractivity contribution in [1.82, 2.24) is 0 Å².